The van der Waals surface area contributed by atoms with Crippen molar-refractivity contribution < 1.29 is 19.1 Å². The number of esters is 1. The van der Waals surface area contributed by atoms with Gasteiger partial charge in [-0.05, 0) is 40.3 Å². The van der Waals surface area contributed by atoms with Crippen molar-refractivity contribution in [2.75, 3.05) is 13.2 Å². The largest absolute Gasteiger partial charge is 0.460 e. The van der Waals surface area contributed by atoms with E-state index < -0.39 is 17.8 Å². The maximum absolute atomic E-state index is 12.3. The second kappa shape index (κ2) is 7.90. The Kier molecular flexibility index (Phi) is 5.90. The number of ether oxygens (including phenoxy) is 1. The smallest absolute Gasteiger partial charge is 0.338 e. The molecule has 0 saturated heterocycles. The Bertz CT molecular complexity index is 714. The molecule has 2 rings (SSSR count). The van der Waals surface area contributed by atoms with Crippen LogP contribution in [0.4, 0.5) is 0 Å². The van der Waals surface area contributed by atoms with Crippen LogP contribution in [0, 0.1) is 8.98 Å². The highest BCUT2D eigenvalue weighted by Crippen LogP contribution is 2.15. The average molecular weight is 442 g/mol. The Morgan fingerprint density at radius 1 is 1.29 bits per heavy atom. The van der Waals surface area contributed by atoms with E-state index in [1.165, 1.54) is 12.2 Å². The monoisotopic (exact) mass is 442 g/mol. The van der Waals surface area contributed by atoms with E-state index in [-0.39, 0.29) is 25.7 Å². The van der Waals surface area contributed by atoms with Gasteiger partial charge in [-0.1, -0.05) is 6.07 Å². The van der Waals surface area contributed by atoms with E-state index in [9.17, 15) is 14.4 Å². The van der Waals surface area contributed by atoms with E-state index >= 15 is 0 Å². The standard InChI is InChI=1S/C15H15IN4O4/c16-10-2-1-9(8-19-15(17)18)11(7-10)14(23)24-6-5-20-12(21)3-4-13(20)22/h1-4,7H,5-6,8H2,(H4,17,18,19). The van der Waals surface area contributed by atoms with E-state index in [0.717, 1.165) is 8.47 Å². The molecule has 1 aliphatic rings. The molecule has 0 atom stereocenters. The van der Waals surface area contributed by atoms with Crippen LogP contribution in [0.15, 0.2) is 30.4 Å². The van der Waals surface area contributed by atoms with Crippen molar-refractivity contribution in [2.45, 2.75) is 6.54 Å². The molecule has 1 aromatic rings. The van der Waals surface area contributed by atoms with Crippen LogP contribution >= 0.6 is 22.6 Å². The number of imide groups is 1. The van der Waals surface area contributed by atoms with Gasteiger partial charge in [0, 0.05) is 22.3 Å². The summed E-state index contributed by atoms with van der Waals surface area (Å²) in [6.07, 6.45) is 2.35. The minimum Gasteiger partial charge on any atom is -0.460 e. The normalized spacial score (nSPS) is 13.3. The Morgan fingerprint density at radius 2 is 1.96 bits per heavy atom. The summed E-state index contributed by atoms with van der Waals surface area (Å²) < 4.78 is 6.01. The predicted molar refractivity (Wildman–Crippen MR) is 94.1 cm³/mol. The number of nitrogens with one attached hydrogen (secondary N) is 2. The number of carbonyl (C=O) groups is 3. The molecule has 0 spiro atoms. The van der Waals surface area contributed by atoms with Crippen molar-refractivity contribution in [3.05, 3.63) is 45.0 Å². The van der Waals surface area contributed by atoms with Gasteiger partial charge >= 0.3 is 5.97 Å². The molecule has 24 heavy (non-hydrogen) atoms. The molecular weight excluding hydrogens is 427 g/mol. The fourth-order valence-electron chi connectivity index (χ4n) is 2.04. The number of halogens is 1. The quantitative estimate of drug-likeness (QED) is 0.192. The first-order valence-corrected chi connectivity index (χ1v) is 8.03. The number of hydrogen-bond acceptors (Lipinski definition) is 5. The Morgan fingerprint density at radius 3 is 2.58 bits per heavy atom. The molecular formula is C15H15IN4O4. The van der Waals surface area contributed by atoms with Gasteiger partial charge in [0.2, 0.25) is 0 Å². The van der Waals surface area contributed by atoms with Crippen LogP contribution in [0.5, 0.6) is 0 Å². The lowest BCUT2D eigenvalue weighted by molar-refractivity contribution is -0.137. The second-order valence-electron chi connectivity index (χ2n) is 4.87. The molecule has 0 unspecified atom stereocenters. The molecule has 0 fully saturated rings. The fraction of sp³-hybridized carbons (Fsp3) is 0.200. The summed E-state index contributed by atoms with van der Waals surface area (Å²) >= 11 is 2.07. The number of rotatable bonds is 6. The van der Waals surface area contributed by atoms with Crippen molar-refractivity contribution in [1.29, 1.82) is 5.41 Å². The SMILES string of the molecule is N=C(N)NCc1ccc(I)cc1C(=O)OCCN1C(=O)C=CC1=O. The Labute approximate surface area is 151 Å². The van der Waals surface area contributed by atoms with Crippen molar-refractivity contribution in [1.82, 2.24) is 10.2 Å². The Hall–Kier alpha value is -2.43. The molecule has 0 bridgehead atoms. The van der Waals surface area contributed by atoms with E-state index in [2.05, 4.69) is 27.9 Å². The van der Waals surface area contributed by atoms with Gasteiger partial charge in [-0.15, -0.1) is 0 Å². The zero-order valence-corrected chi connectivity index (χ0v) is 14.7. The van der Waals surface area contributed by atoms with Crippen molar-refractivity contribution in [3.63, 3.8) is 0 Å². The average Bonchev–Trinajstić information content (AvgIpc) is 2.85. The number of nitrogens with zero attached hydrogens (tertiary/aromatic N) is 1. The van der Waals surface area contributed by atoms with Crippen LogP contribution < -0.4 is 11.1 Å². The van der Waals surface area contributed by atoms with Gasteiger partial charge in [0.25, 0.3) is 11.8 Å². The molecule has 0 radical (unpaired) electrons. The molecule has 0 aliphatic carbocycles. The molecule has 8 nitrogen and oxygen atoms in total. The highest BCUT2D eigenvalue weighted by Gasteiger charge is 2.23. The lowest BCUT2D eigenvalue weighted by Crippen LogP contribution is -2.33. The predicted octanol–water partition coefficient (Wildman–Crippen LogP) is 0.356. The van der Waals surface area contributed by atoms with Gasteiger partial charge in [0.15, 0.2) is 5.96 Å². The second-order valence-corrected chi connectivity index (χ2v) is 6.11. The first-order chi connectivity index (χ1) is 11.4. The number of guanidine groups is 1. The number of amides is 2. The first kappa shape index (κ1) is 17.9. The van der Waals surface area contributed by atoms with Crippen LogP contribution in [-0.2, 0) is 20.9 Å². The third-order valence-corrected chi connectivity index (χ3v) is 3.88. The highest BCUT2D eigenvalue weighted by molar-refractivity contribution is 14.1. The fourth-order valence-corrected chi connectivity index (χ4v) is 2.53. The molecule has 1 aliphatic heterocycles. The molecule has 1 aromatic carbocycles. The number of nitrogens with two attached hydrogens (primary N) is 1. The van der Waals surface area contributed by atoms with Gasteiger partial charge in [-0.25, -0.2) is 4.79 Å². The summed E-state index contributed by atoms with van der Waals surface area (Å²) in [6, 6.07) is 5.22. The lowest BCUT2D eigenvalue weighted by Gasteiger charge is -2.15. The van der Waals surface area contributed by atoms with Crippen LogP contribution in [0.1, 0.15) is 15.9 Å². The number of benzene rings is 1. The molecule has 0 saturated carbocycles. The zero-order valence-electron chi connectivity index (χ0n) is 12.5. The van der Waals surface area contributed by atoms with Crippen molar-refractivity contribution in [2.24, 2.45) is 5.73 Å². The summed E-state index contributed by atoms with van der Waals surface area (Å²) in [7, 11) is 0. The van der Waals surface area contributed by atoms with Crippen molar-refractivity contribution >= 4 is 46.3 Å². The molecule has 4 N–H and O–H groups in total. The first-order valence-electron chi connectivity index (χ1n) is 6.95. The van der Waals surface area contributed by atoms with Crippen molar-refractivity contribution in [3.8, 4) is 0 Å². The molecule has 0 aromatic heterocycles. The van der Waals surface area contributed by atoms with E-state index in [1.807, 2.05) is 6.07 Å². The maximum Gasteiger partial charge on any atom is 0.338 e. The molecule has 1 heterocycles. The van der Waals surface area contributed by atoms with Gasteiger partial charge in [-0.3, -0.25) is 19.9 Å². The summed E-state index contributed by atoms with van der Waals surface area (Å²) in [4.78, 5) is 36.1. The summed E-state index contributed by atoms with van der Waals surface area (Å²) in [6.45, 7) is 0.119. The molecule has 2 amide bonds. The summed E-state index contributed by atoms with van der Waals surface area (Å²) in [5, 5.41) is 9.82. The summed E-state index contributed by atoms with van der Waals surface area (Å²) in [5.41, 5.74) is 6.22. The number of carbonyl (C=O) groups excluding carboxylic acids is 3. The van der Waals surface area contributed by atoms with Gasteiger partial charge in [0.05, 0.1) is 12.1 Å². The topological polar surface area (TPSA) is 126 Å². The van der Waals surface area contributed by atoms with Gasteiger partial charge in [0.1, 0.15) is 6.61 Å². The highest BCUT2D eigenvalue weighted by atomic mass is 127. The van der Waals surface area contributed by atoms with E-state index in [4.69, 9.17) is 15.9 Å². The van der Waals surface area contributed by atoms with E-state index in [0.29, 0.717) is 11.1 Å². The molecule has 9 heteroatoms. The number of hydrogen-bond donors (Lipinski definition) is 3. The van der Waals surface area contributed by atoms with Crippen LogP contribution in [0.25, 0.3) is 0 Å². The lowest BCUT2D eigenvalue weighted by atomic mass is 10.1. The van der Waals surface area contributed by atoms with Crippen LogP contribution in [0.3, 0.4) is 0 Å². The van der Waals surface area contributed by atoms with E-state index in [1.54, 1.807) is 12.1 Å². The third kappa shape index (κ3) is 4.54. The zero-order chi connectivity index (χ0) is 17.7. The third-order valence-electron chi connectivity index (χ3n) is 3.21. The van der Waals surface area contributed by atoms with Gasteiger partial charge in [-0.2, -0.15) is 0 Å². The maximum atomic E-state index is 12.3. The Balaban J connectivity index is 1.98. The minimum absolute atomic E-state index is 0.00135. The molecule has 126 valence electrons. The minimum atomic E-state index is -0.569. The summed E-state index contributed by atoms with van der Waals surface area (Å²) in [5.74, 6) is -1.61. The van der Waals surface area contributed by atoms with Crippen LogP contribution in [0.2, 0.25) is 0 Å². The van der Waals surface area contributed by atoms with Gasteiger partial charge < -0.3 is 15.8 Å². The van der Waals surface area contributed by atoms with Crippen LogP contribution in [-0.4, -0.2) is 41.8 Å².